The van der Waals surface area contributed by atoms with Crippen LogP contribution in [0.3, 0.4) is 0 Å². The zero-order chi connectivity index (χ0) is 11.3. The molecular weight excluding hydrogens is 198 g/mol. The second-order valence-corrected chi connectivity index (χ2v) is 2.85. The third-order valence-electron chi connectivity index (χ3n) is 1.68. The van der Waals surface area contributed by atoms with Gasteiger partial charge in [-0.25, -0.2) is 0 Å². The smallest absolute Gasteiger partial charge is 0.315 e. The predicted octanol–water partition coefficient (Wildman–Crippen LogP) is 0.894. The minimum absolute atomic E-state index is 0.112. The van der Waals surface area contributed by atoms with Crippen LogP contribution in [0.25, 0.3) is 0 Å². The van der Waals surface area contributed by atoms with Gasteiger partial charge in [0.25, 0.3) is 0 Å². The molecule has 0 spiro atoms. The highest BCUT2D eigenvalue weighted by Crippen LogP contribution is 2.13. The SMILES string of the molecule is COC(=O)CC(=O)Nc1ccc(O)cc1. The van der Waals surface area contributed by atoms with E-state index in [-0.39, 0.29) is 12.2 Å². The summed E-state index contributed by atoms with van der Waals surface area (Å²) in [4.78, 5) is 21.9. The Morgan fingerprint density at radius 3 is 2.47 bits per heavy atom. The Bertz CT molecular complexity index is 358. The van der Waals surface area contributed by atoms with Crippen LogP contribution in [0.1, 0.15) is 6.42 Å². The van der Waals surface area contributed by atoms with Gasteiger partial charge in [0.1, 0.15) is 12.2 Å². The van der Waals surface area contributed by atoms with Crippen LogP contribution in [-0.4, -0.2) is 24.1 Å². The maximum atomic E-state index is 11.2. The molecule has 0 bridgehead atoms. The zero-order valence-electron chi connectivity index (χ0n) is 8.19. The molecule has 1 aromatic carbocycles. The van der Waals surface area contributed by atoms with Crippen molar-refractivity contribution < 1.29 is 19.4 Å². The summed E-state index contributed by atoms with van der Waals surface area (Å²) in [5.74, 6) is -0.931. The molecule has 0 saturated heterocycles. The quantitative estimate of drug-likeness (QED) is 0.440. The third kappa shape index (κ3) is 3.68. The van der Waals surface area contributed by atoms with Crippen molar-refractivity contribution in [1.29, 1.82) is 0 Å². The molecule has 1 aromatic rings. The molecule has 5 heteroatoms. The highest BCUT2D eigenvalue weighted by Gasteiger charge is 2.08. The number of rotatable bonds is 3. The van der Waals surface area contributed by atoms with Gasteiger partial charge in [0.15, 0.2) is 0 Å². The lowest BCUT2D eigenvalue weighted by Gasteiger charge is -2.03. The summed E-state index contributed by atoms with van der Waals surface area (Å²) in [6.45, 7) is 0. The van der Waals surface area contributed by atoms with E-state index in [4.69, 9.17) is 5.11 Å². The number of hydrogen-bond acceptors (Lipinski definition) is 4. The van der Waals surface area contributed by atoms with Crippen LogP contribution in [0.4, 0.5) is 5.69 Å². The molecule has 5 nitrogen and oxygen atoms in total. The number of hydrogen-bond donors (Lipinski definition) is 2. The average molecular weight is 209 g/mol. The number of carbonyl (C=O) groups excluding carboxylic acids is 2. The van der Waals surface area contributed by atoms with Gasteiger partial charge in [-0.3, -0.25) is 9.59 Å². The second-order valence-electron chi connectivity index (χ2n) is 2.85. The molecule has 0 atom stereocenters. The van der Waals surface area contributed by atoms with Crippen molar-refractivity contribution in [3.63, 3.8) is 0 Å². The van der Waals surface area contributed by atoms with E-state index in [1.807, 2.05) is 0 Å². The van der Waals surface area contributed by atoms with Gasteiger partial charge < -0.3 is 15.2 Å². The molecular formula is C10H11NO4. The first-order valence-corrected chi connectivity index (χ1v) is 4.27. The van der Waals surface area contributed by atoms with Crippen molar-refractivity contribution in [2.75, 3.05) is 12.4 Å². The van der Waals surface area contributed by atoms with E-state index >= 15 is 0 Å². The largest absolute Gasteiger partial charge is 0.508 e. The molecule has 0 aromatic heterocycles. The minimum Gasteiger partial charge on any atom is -0.508 e. The first-order valence-electron chi connectivity index (χ1n) is 4.27. The van der Waals surface area contributed by atoms with Crippen LogP contribution in [0.15, 0.2) is 24.3 Å². The summed E-state index contributed by atoms with van der Waals surface area (Å²) in [6, 6.07) is 5.94. The lowest BCUT2D eigenvalue weighted by molar-refractivity contribution is -0.142. The van der Waals surface area contributed by atoms with E-state index in [2.05, 4.69) is 10.1 Å². The standard InChI is InChI=1S/C10H11NO4/c1-15-10(14)6-9(13)11-7-2-4-8(12)5-3-7/h2-5,12H,6H2,1H3,(H,11,13). The van der Waals surface area contributed by atoms with Crippen LogP contribution in [0, 0.1) is 0 Å². The van der Waals surface area contributed by atoms with Crippen molar-refractivity contribution in [2.45, 2.75) is 6.42 Å². The van der Waals surface area contributed by atoms with Crippen LogP contribution >= 0.6 is 0 Å². The van der Waals surface area contributed by atoms with E-state index in [0.717, 1.165) is 0 Å². The third-order valence-corrected chi connectivity index (χ3v) is 1.68. The Hall–Kier alpha value is -2.04. The fraction of sp³-hybridized carbons (Fsp3) is 0.200. The van der Waals surface area contributed by atoms with Crippen LogP contribution in [-0.2, 0) is 14.3 Å². The molecule has 0 heterocycles. The monoisotopic (exact) mass is 209 g/mol. The number of aromatic hydroxyl groups is 1. The molecule has 2 N–H and O–H groups in total. The van der Waals surface area contributed by atoms with E-state index in [1.165, 1.54) is 31.4 Å². The number of phenols is 1. The van der Waals surface area contributed by atoms with Gasteiger partial charge in [0.2, 0.25) is 5.91 Å². The van der Waals surface area contributed by atoms with Gasteiger partial charge >= 0.3 is 5.97 Å². The van der Waals surface area contributed by atoms with Crippen molar-refractivity contribution in [3.8, 4) is 5.75 Å². The topological polar surface area (TPSA) is 75.6 Å². The number of methoxy groups -OCH3 is 1. The normalized spacial score (nSPS) is 9.40. The highest BCUT2D eigenvalue weighted by atomic mass is 16.5. The summed E-state index contributed by atoms with van der Waals surface area (Å²) < 4.78 is 4.34. The van der Waals surface area contributed by atoms with Crippen molar-refractivity contribution in [3.05, 3.63) is 24.3 Å². The lowest BCUT2D eigenvalue weighted by Crippen LogP contribution is -2.17. The Kier molecular flexibility index (Phi) is 3.68. The van der Waals surface area contributed by atoms with Crippen LogP contribution in [0.2, 0.25) is 0 Å². The number of ether oxygens (including phenoxy) is 1. The molecule has 0 radical (unpaired) electrons. The van der Waals surface area contributed by atoms with Gasteiger partial charge in [-0.15, -0.1) is 0 Å². The van der Waals surface area contributed by atoms with Gasteiger partial charge in [-0.05, 0) is 24.3 Å². The minimum atomic E-state index is -0.591. The van der Waals surface area contributed by atoms with Crippen molar-refractivity contribution >= 4 is 17.6 Å². The molecule has 0 saturated carbocycles. The van der Waals surface area contributed by atoms with Crippen LogP contribution < -0.4 is 5.32 Å². The molecule has 15 heavy (non-hydrogen) atoms. The number of carbonyl (C=O) groups is 2. The Morgan fingerprint density at radius 1 is 1.33 bits per heavy atom. The number of amides is 1. The Balaban J connectivity index is 2.51. The van der Waals surface area contributed by atoms with E-state index in [0.29, 0.717) is 5.69 Å². The first kappa shape index (κ1) is 11.0. The Labute approximate surface area is 86.7 Å². The zero-order valence-corrected chi connectivity index (χ0v) is 8.19. The number of benzene rings is 1. The summed E-state index contributed by atoms with van der Waals surface area (Å²) in [5.41, 5.74) is 0.515. The van der Waals surface area contributed by atoms with Gasteiger partial charge in [-0.1, -0.05) is 0 Å². The second kappa shape index (κ2) is 4.99. The van der Waals surface area contributed by atoms with E-state index in [1.54, 1.807) is 0 Å². The van der Waals surface area contributed by atoms with Gasteiger partial charge in [0, 0.05) is 5.69 Å². The van der Waals surface area contributed by atoms with E-state index in [9.17, 15) is 9.59 Å². The van der Waals surface area contributed by atoms with E-state index < -0.39 is 11.9 Å². The highest BCUT2D eigenvalue weighted by molar-refractivity contribution is 6.01. The fourth-order valence-corrected chi connectivity index (χ4v) is 0.953. The van der Waals surface area contributed by atoms with Crippen molar-refractivity contribution in [1.82, 2.24) is 0 Å². The van der Waals surface area contributed by atoms with Gasteiger partial charge in [-0.2, -0.15) is 0 Å². The molecule has 0 aliphatic heterocycles. The number of esters is 1. The summed E-state index contributed by atoms with van der Waals surface area (Å²) in [5, 5.41) is 11.5. The molecule has 0 aliphatic rings. The molecule has 0 fully saturated rings. The lowest BCUT2D eigenvalue weighted by atomic mass is 10.3. The summed E-state index contributed by atoms with van der Waals surface area (Å²) >= 11 is 0. The maximum Gasteiger partial charge on any atom is 0.315 e. The number of anilines is 1. The number of phenolic OH excluding ortho intramolecular Hbond substituents is 1. The summed E-state index contributed by atoms with van der Waals surface area (Å²) in [6.07, 6.45) is -0.322. The van der Waals surface area contributed by atoms with Crippen LogP contribution in [0.5, 0.6) is 5.75 Å². The first-order chi connectivity index (χ1) is 7.11. The molecule has 0 unspecified atom stereocenters. The van der Waals surface area contributed by atoms with Crippen molar-refractivity contribution in [2.24, 2.45) is 0 Å². The van der Waals surface area contributed by atoms with Gasteiger partial charge in [0.05, 0.1) is 7.11 Å². The fourth-order valence-electron chi connectivity index (χ4n) is 0.953. The maximum absolute atomic E-state index is 11.2. The Morgan fingerprint density at radius 2 is 1.93 bits per heavy atom. The summed E-state index contributed by atoms with van der Waals surface area (Å²) in [7, 11) is 1.22. The molecule has 1 amide bonds. The molecule has 0 aliphatic carbocycles. The average Bonchev–Trinajstić information content (AvgIpc) is 2.21. The molecule has 1 rings (SSSR count). The number of nitrogens with one attached hydrogen (secondary N) is 1. The molecule has 80 valence electrons. The predicted molar refractivity (Wildman–Crippen MR) is 53.4 cm³/mol.